The Bertz CT molecular complexity index is 2500. The first-order chi connectivity index (χ1) is 28.4. The number of hydrogen-bond donors (Lipinski definition) is 2. The summed E-state index contributed by atoms with van der Waals surface area (Å²) in [6.07, 6.45) is -7.36. The number of halogens is 11. The average Bonchev–Trinajstić information content (AvgIpc) is 3.67. The van der Waals surface area contributed by atoms with Gasteiger partial charge in [0.05, 0.1) is 36.6 Å². The number of ether oxygens (including phenoxy) is 4. The van der Waals surface area contributed by atoms with Crippen LogP contribution in [0.25, 0.3) is 22.3 Å². The Morgan fingerprint density at radius 1 is 0.550 bits per heavy atom. The number of carbonyl (C=O) groups is 2. The van der Waals surface area contributed by atoms with Gasteiger partial charge in [0.25, 0.3) is 11.1 Å². The minimum Gasteiger partial charge on any atom is -0.399 e. The molecule has 8 nitrogen and oxygen atoms in total. The highest BCUT2D eigenvalue weighted by atomic mass is 35.5. The molecule has 0 spiro atoms. The molecule has 3 N–H and O–H groups in total. The van der Waals surface area contributed by atoms with Crippen LogP contribution in [0.2, 0.25) is 20.1 Å². The number of fused-ring (bicyclic) bond motifs is 2. The van der Waals surface area contributed by atoms with Crippen molar-refractivity contribution in [3.8, 4) is 45.3 Å². The lowest BCUT2D eigenvalue weighted by molar-refractivity contribution is -0.287. The van der Waals surface area contributed by atoms with E-state index in [9.17, 15) is 27.2 Å². The molecule has 0 aromatic heterocycles. The van der Waals surface area contributed by atoms with Gasteiger partial charge in [-0.05, 0) is 83.4 Å². The van der Waals surface area contributed by atoms with E-state index in [1.807, 2.05) is 0 Å². The molecule has 0 fully saturated rings. The molecule has 0 aliphatic carbocycles. The maximum Gasteiger partial charge on any atom is 0.586 e. The van der Waals surface area contributed by atoms with Gasteiger partial charge >= 0.3 is 12.6 Å². The summed E-state index contributed by atoms with van der Waals surface area (Å²) >= 11 is 38.6. The standard InChI is InChI=1S/C20H11Cl2F2NO3.C13H8ClF2NO2.C7H4Cl2O.CH2Cl2/c21-15-4-2-1-3-13(15)19(26)25-12-7-5-11(6-8-12)14-9-17-18(10-16(14)22)28-20(23,24)27-17;14-10-6-12-11(18-13(15,16)19-12)5-9(10)7-1-3-8(17)4-2-7;8-6-4-2-1-3-5(6)7(9)10;2-1-3/h1-10H,(H,25,26);1-6H,17H2;1-4H;1H2. The quantitative estimate of drug-likeness (QED) is 0.0766. The van der Waals surface area contributed by atoms with Gasteiger partial charge in [0.1, 0.15) is 0 Å². The van der Waals surface area contributed by atoms with Gasteiger partial charge in [-0.3, -0.25) is 9.59 Å². The number of nitrogens with one attached hydrogen (secondary N) is 1. The monoisotopic (exact) mass is 962 g/mol. The van der Waals surface area contributed by atoms with E-state index in [0.717, 1.165) is 5.56 Å². The summed E-state index contributed by atoms with van der Waals surface area (Å²) in [5, 5.41) is 3.68. The van der Waals surface area contributed by atoms with Crippen molar-refractivity contribution in [1.82, 2.24) is 0 Å². The van der Waals surface area contributed by atoms with Crippen LogP contribution in [0.1, 0.15) is 20.7 Å². The lowest BCUT2D eigenvalue weighted by Crippen LogP contribution is -2.25. The number of amides is 1. The van der Waals surface area contributed by atoms with Gasteiger partial charge in [-0.25, -0.2) is 0 Å². The summed E-state index contributed by atoms with van der Waals surface area (Å²) in [5.41, 5.74) is 9.91. The molecule has 312 valence electrons. The smallest absolute Gasteiger partial charge is 0.399 e. The van der Waals surface area contributed by atoms with Crippen molar-refractivity contribution < 1.29 is 46.1 Å². The molecule has 0 saturated carbocycles. The maximum atomic E-state index is 13.2. The van der Waals surface area contributed by atoms with Crippen LogP contribution in [0.15, 0.2) is 121 Å². The molecule has 0 atom stereocenters. The van der Waals surface area contributed by atoms with E-state index in [1.54, 1.807) is 97.1 Å². The Kier molecular flexibility index (Phi) is 15.6. The minimum atomic E-state index is -3.71. The van der Waals surface area contributed by atoms with E-state index in [-0.39, 0.29) is 39.3 Å². The molecule has 8 rings (SSSR count). The Balaban J connectivity index is 0.000000183. The van der Waals surface area contributed by atoms with Crippen LogP contribution < -0.4 is 30.0 Å². The third-order valence-corrected chi connectivity index (χ3v) is 9.35. The number of rotatable bonds is 5. The number of carbonyl (C=O) groups excluding carboxylic acids is 2. The van der Waals surface area contributed by atoms with Gasteiger partial charge in [-0.1, -0.05) is 94.9 Å². The van der Waals surface area contributed by atoms with Crippen molar-refractivity contribution in [3.05, 3.63) is 153 Å². The van der Waals surface area contributed by atoms with Crippen molar-refractivity contribution >= 4 is 104 Å². The van der Waals surface area contributed by atoms with Gasteiger partial charge in [-0.2, -0.15) is 0 Å². The van der Waals surface area contributed by atoms with Crippen LogP contribution in [-0.2, 0) is 0 Å². The molecular weight excluding hydrogens is 941 g/mol. The number of anilines is 2. The van der Waals surface area contributed by atoms with Crippen LogP contribution in [0.4, 0.5) is 28.9 Å². The van der Waals surface area contributed by atoms with Crippen molar-refractivity contribution in [2.45, 2.75) is 12.6 Å². The second-order valence-electron chi connectivity index (χ2n) is 11.9. The highest BCUT2D eigenvalue weighted by Crippen LogP contribution is 2.47. The summed E-state index contributed by atoms with van der Waals surface area (Å²) in [6, 6.07) is 32.4. The van der Waals surface area contributed by atoms with Crippen molar-refractivity contribution in [2.24, 2.45) is 0 Å². The number of nitrogens with two attached hydrogens (primary N) is 1. The van der Waals surface area contributed by atoms with E-state index < -0.39 is 17.8 Å². The summed E-state index contributed by atoms with van der Waals surface area (Å²) in [4.78, 5) is 22.9. The lowest BCUT2D eigenvalue weighted by atomic mass is 10.0. The molecule has 60 heavy (non-hydrogen) atoms. The van der Waals surface area contributed by atoms with E-state index in [1.165, 1.54) is 24.3 Å². The summed E-state index contributed by atoms with van der Waals surface area (Å²) in [7, 11) is 0. The Hall–Kier alpha value is -4.79. The molecule has 6 aromatic rings. The van der Waals surface area contributed by atoms with Gasteiger partial charge in [-0.15, -0.1) is 40.8 Å². The number of nitrogen functional groups attached to an aromatic ring is 1. The topological polar surface area (TPSA) is 109 Å². The SMILES string of the molecule is ClCCl.Nc1ccc(-c2cc3c(cc2Cl)OC(F)(F)O3)cc1.O=C(Cl)c1ccccc1Cl.O=C(Nc1ccc(-c2cc3c(cc2Cl)OC(F)(F)O3)cc1)c1ccccc1Cl. The molecule has 0 saturated heterocycles. The van der Waals surface area contributed by atoms with Crippen LogP contribution in [0, 0.1) is 0 Å². The van der Waals surface area contributed by atoms with E-state index >= 15 is 0 Å². The highest BCUT2D eigenvalue weighted by molar-refractivity contribution is 6.68. The molecule has 19 heteroatoms. The van der Waals surface area contributed by atoms with E-state index in [0.29, 0.717) is 54.3 Å². The van der Waals surface area contributed by atoms with Crippen molar-refractivity contribution in [2.75, 3.05) is 16.4 Å². The van der Waals surface area contributed by atoms with Crippen LogP contribution in [0.5, 0.6) is 23.0 Å². The number of benzene rings is 6. The fourth-order valence-corrected chi connectivity index (χ4v) is 6.43. The molecule has 2 heterocycles. The number of alkyl halides is 6. The molecule has 0 unspecified atom stereocenters. The lowest BCUT2D eigenvalue weighted by Gasteiger charge is -2.09. The molecule has 6 aromatic carbocycles. The van der Waals surface area contributed by atoms with Crippen LogP contribution in [0.3, 0.4) is 0 Å². The Morgan fingerprint density at radius 2 is 0.917 bits per heavy atom. The minimum absolute atomic E-state index is 0.0405. The fraction of sp³-hybridized carbons (Fsp3) is 0.0732. The third kappa shape index (κ3) is 12.2. The van der Waals surface area contributed by atoms with Gasteiger partial charge in [0, 0.05) is 34.6 Å². The molecule has 2 aliphatic rings. The fourth-order valence-electron chi connectivity index (χ4n) is 5.25. The third-order valence-electron chi connectivity index (χ3n) is 7.86. The van der Waals surface area contributed by atoms with Crippen molar-refractivity contribution in [3.63, 3.8) is 0 Å². The molecule has 0 bridgehead atoms. The summed E-state index contributed by atoms with van der Waals surface area (Å²) in [5.74, 6) is -0.681. The first-order valence-electron chi connectivity index (χ1n) is 16.7. The molecule has 2 aliphatic heterocycles. The highest BCUT2D eigenvalue weighted by Gasteiger charge is 2.44. The zero-order chi connectivity index (χ0) is 43.8. The average molecular weight is 966 g/mol. The Labute approximate surface area is 374 Å². The predicted molar refractivity (Wildman–Crippen MR) is 228 cm³/mol. The second kappa shape index (κ2) is 20.2. The maximum absolute atomic E-state index is 13.2. The largest absolute Gasteiger partial charge is 0.586 e. The second-order valence-corrected chi connectivity index (χ2v) is 14.7. The van der Waals surface area contributed by atoms with Crippen LogP contribution in [-0.4, -0.2) is 29.1 Å². The molecule has 1 amide bonds. The first-order valence-corrected chi connectivity index (χ1v) is 19.6. The van der Waals surface area contributed by atoms with Gasteiger partial charge < -0.3 is 30.0 Å². The normalized spacial score (nSPS) is 13.3. The zero-order valence-electron chi connectivity index (χ0n) is 29.9. The van der Waals surface area contributed by atoms with E-state index in [4.69, 9.17) is 86.9 Å². The summed E-state index contributed by atoms with van der Waals surface area (Å²) < 4.78 is 69.9. The van der Waals surface area contributed by atoms with Gasteiger partial charge in [0.2, 0.25) is 0 Å². The van der Waals surface area contributed by atoms with Crippen molar-refractivity contribution in [1.29, 1.82) is 0 Å². The van der Waals surface area contributed by atoms with Gasteiger partial charge in [0.15, 0.2) is 23.0 Å². The van der Waals surface area contributed by atoms with Crippen LogP contribution >= 0.6 is 81.2 Å². The van der Waals surface area contributed by atoms with E-state index in [2.05, 4.69) is 24.3 Å². The Morgan fingerprint density at radius 3 is 1.30 bits per heavy atom. The summed E-state index contributed by atoms with van der Waals surface area (Å²) in [6.45, 7) is 0. The predicted octanol–water partition coefficient (Wildman–Crippen LogP) is 14.3. The first kappa shape index (κ1) is 46.3. The number of hydrogen-bond acceptors (Lipinski definition) is 7. The zero-order valence-corrected chi connectivity index (χ0v) is 35.2. The molecular formula is C41H25Cl7F4N2O6. The molecule has 0 radical (unpaired) electrons.